The fraction of sp³-hybridized carbons (Fsp3) is 0.211. The standard InChI is InChI=1S/C19H19ClFN3O/c1-13(25)10-22-11-14-12-24(16-8-6-15(21)7-9-16)23-19(14)17-4-2-3-5-18(17)20/h2-9,12-13,22,25H,10-11H2,1H3/t13-/m1/s1. The van der Waals surface area contributed by atoms with E-state index in [2.05, 4.69) is 10.4 Å². The van der Waals surface area contributed by atoms with E-state index >= 15 is 0 Å². The molecule has 2 aromatic carbocycles. The highest BCUT2D eigenvalue weighted by molar-refractivity contribution is 6.33. The van der Waals surface area contributed by atoms with Crippen molar-refractivity contribution in [3.05, 3.63) is 71.1 Å². The number of nitrogens with one attached hydrogen (secondary N) is 1. The Balaban J connectivity index is 1.99. The van der Waals surface area contributed by atoms with Crippen LogP contribution in [0, 0.1) is 5.82 Å². The highest BCUT2D eigenvalue weighted by atomic mass is 35.5. The van der Waals surface area contributed by atoms with E-state index < -0.39 is 6.10 Å². The maximum Gasteiger partial charge on any atom is 0.123 e. The van der Waals surface area contributed by atoms with Crippen LogP contribution >= 0.6 is 11.6 Å². The number of benzene rings is 2. The second-order valence-corrected chi connectivity index (χ2v) is 6.29. The molecule has 1 aromatic heterocycles. The Morgan fingerprint density at radius 2 is 1.92 bits per heavy atom. The first kappa shape index (κ1) is 17.6. The van der Waals surface area contributed by atoms with Crippen LogP contribution in [0.1, 0.15) is 12.5 Å². The minimum absolute atomic E-state index is 0.291. The maximum atomic E-state index is 13.2. The molecule has 0 aliphatic heterocycles. The largest absolute Gasteiger partial charge is 0.392 e. The summed E-state index contributed by atoms with van der Waals surface area (Å²) in [5, 5.41) is 17.9. The zero-order valence-electron chi connectivity index (χ0n) is 13.8. The van der Waals surface area contributed by atoms with Gasteiger partial charge in [0, 0.05) is 30.4 Å². The Kier molecular flexibility index (Phi) is 5.48. The Labute approximate surface area is 150 Å². The molecule has 0 aliphatic rings. The SMILES string of the molecule is C[C@@H](O)CNCc1cn(-c2ccc(F)cc2)nc1-c1ccccc1Cl. The molecule has 130 valence electrons. The molecule has 0 spiro atoms. The predicted octanol–water partition coefficient (Wildman–Crippen LogP) is 3.80. The van der Waals surface area contributed by atoms with Crippen LogP contribution in [-0.4, -0.2) is 27.5 Å². The van der Waals surface area contributed by atoms with Gasteiger partial charge in [-0.15, -0.1) is 0 Å². The lowest BCUT2D eigenvalue weighted by atomic mass is 10.1. The lowest BCUT2D eigenvalue weighted by Crippen LogP contribution is -2.23. The molecule has 0 unspecified atom stereocenters. The molecule has 4 nitrogen and oxygen atoms in total. The summed E-state index contributed by atoms with van der Waals surface area (Å²) in [4.78, 5) is 0. The van der Waals surface area contributed by atoms with Gasteiger partial charge in [-0.25, -0.2) is 9.07 Å². The van der Waals surface area contributed by atoms with Crippen molar-refractivity contribution in [2.24, 2.45) is 0 Å². The van der Waals surface area contributed by atoms with Gasteiger partial charge in [0.15, 0.2) is 0 Å². The van der Waals surface area contributed by atoms with Crippen LogP contribution in [0.3, 0.4) is 0 Å². The van der Waals surface area contributed by atoms with E-state index in [-0.39, 0.29) is 5.82 Å². The van der Waals surface area contributed by atoms with Gasteiger partial charge in [-0.05, 0) is 37.3 Å². The lowest BCUT2D eigenvalue weighted by Gasteiger charge is -2.07. The highest BCUT2D eigenvalue weighted by Crippen LogP contribution is 2.30. The minimum Gasteiger partial charge on any atom is -0.392 e. The van der Waals surface area contributed by atoms with Crippen LogP contribution in [0.2, 0.25) is 5.02 Å². The first-order chi connectivity index (χ1) is 12.0. The lowest BCUT2D eigenvalue weighted by molar-refractivity contribution is 0.191. The zero-order valence-corrected chi connectivity index (χ0v) is 14.5. The Hall–Kier alpha value is -2.21. The fourth-order valence-corrected chi connectivity index (χ4v) is 2.79. The van der Waals surface area contributed by atoms with Crippen LogP contribution in [0.15, 0.2) is 54.7 Å². The second kappa shape index (κ2) is 7.78. The molecule has 25 heavy (non-hydrogen) atoms. The van der Waals surface area contributed by atoms with Crippen molar-refractivity contribution >= 4 is 11.6 Å². The smallest absolute Gasteiger partial charge is 0.123 e. The number of rotatable bonds is 6. The van der Waals surface area contributed by atoms with Crippen LogP contribution < -0.4 is 5.32 Å². The van der Waals surface area contributed by atoms with Crippen molar-refractivity contribution in [2.45, 2.75) is 19.6 Å². The number of aliphatic hydroxyl groups excluding tert-OH is 1. The fourth-order valence-electron chi connectivity index (χ4n) is 2.56. The van der Waals surface area contributed by atoms with Crippen molar-refractivity contribution in [1.29, 1.82) is 0 Å². The van der Waals surface area contributed by atoms with Gasteiger partial charge in [0.1, 0.15) is 5.82 Å². The summed E-state index contributed by atoms with van der Waals surface area (Å²) in [7, 11) is 0. The van der Waals surface area contributed by atoms with E-state index in [1.54, 1.807) is 23.7 Å². The summed E-state index contributed by atoms with van der Waals surface area (Å²) >= 11 is 6.33. The van der Waals surface area contributed by atoms with Crippen LogP contribution in [-0.2, 0) is 6.54 Å². The van der Waals surface area contributed by atoms with E-state index in [0.29, 0.717) is 18.1 Å². The average molecular weight is 360 g/mol. The third kappa shape index (κ3) is 4.25. The average Bonchev–Trinajstić information content (AvgIpc) is 2.99. The quantitative estimate of drug-likeness (QED) is 0.703. The molecule has 0 radical (unpaired) electrons. The zero-order chi connectivity index (χ0) is 17.8. The number of halogens is 2. The topological polar surface area (TPSA) is 50.1 Å². The summed E-state index contributed by atoms with van der Waals surface area (Å²) in [5.41, 5.74) is 3.29. The van der Waals surface area contributed by atoms with E-state index in [1.807, 2.05) is 30.5 Å². The van der Waals surface area contributed by atoms with Gasteiger partial charge in [0.2, 0.25) is 0 Å². The summed E-state index contributed by atoms with van der Waals surface area (Å²) in [6.07, 6.45) is 1.46. The molecule has 0 aliphatic carbocycles. The van der Waals surface area contributed by atoms with Crippen molar-refractivity contribution in [1.82, 2.24) is 15.1 Å². The van der Waals surface area contributed by atoms with Crippen molar-refractivity contribution in [2.75, 3.05) is 6.54 Å². The molecule has 0 amide bonds. The van der Waals surface area contributed by atoms with E-state index in [4.69, 9.17) is 11.6 Å². The molecule has 0 saturated carbocycles. The molecule has 6 heteroatoms. The van der Waals surface area contributed by atoms with Crippen molar-refractivity contribution < 1.29 is 9.50 Å². The Bertz CT molecular complexity index is 846. The monoisotopic (exact) mass is 359 g/mol. The van der Waals surface area contributed by atoms with E-state index in [9.17, 15) is 9.50 Å². The first-order valence-electron chi connectivity index (χ1n) is 8.03. The van der Waals surface area contributed by atoms with Gasteiger partial charge in [-0.1, -0.05) is 29.8 Å². The number of aromatic nitrogens is 2. The molecule has 0 saturated heterocycles. The molecular weight excluding hydrogens is 341 g/mol. The molecule has 0 fully saturated rings. The van der Waals surface area contributed by atoms with Gasteiger partial charge in [0.25, 0.3) is 0 Å². The molecule has 2 N–H and O–H groups in total. The molecule has 0 bridgehead atoms. The number of hydrogen-bond acceptors (Lipinski definition) is 3. The predicted molar refractivity (Wildman–Crippen MR) is 97.4 cm³/mol. The van der Waals surface area contributed by atoms with E-state index in [1.165, 1.54) is 12.1 Å². The number of nitrogens with zero attached hydrogens (tertiary/aromatic N) is 2. The molecular formula is C19H19ClFN3O. The van der Waals surface area contributed by atoms with Gasteiger partial charge >= 0.3 is 0 Å². The van der Waals surface area contributed by atoms with Gasteiger partial charge in [-0.3, -0.25) is 0 Å². The van der Waals surface area contributed by atoms with Gasteiger partial charge in [0.05, 0.1) is 22.5 Å². The van der Waals surface area contributed by atoms with Crippen LogP contribution in [0.5, 0.6) is 0 Å². The summed E-state index contributed by atoms with van der Waals surface area (Å²) in [6, 6.07) is 13.7. The molecule has 3 aromatic rings. The van der Waals surface area contributed by atoms with Crippen molar-refractivity contribution in [3.63, 3.8) is 0 Å². The highest BCUT2D eigenvalue weighted by Gasteiger charge is 2.14. The summed E-state index contributed by atoms with van der Waals surface area (Å²) in [5.74, 6) is -0.291. The van der Waals surface area contributed by atoms with Crippen LogP contribution in [0.4, 0.5) is 4.39 Å². The van der Waals surface area contributed by atoms with Gasteiger partial charge in [-0.2, -0.15) is 5.10 Å². The van der Waals surface area contributed by atoms with Crippen molar-refractivity contribution in [3.8, 4) is 16.9 Å². The first-order valence-corrected chi connectivity index (χ1v) is 8.40. The minimum atomic E-state index is -0.434. The Morgan fingerprint density at radius 1 is 1.20 bits per heavy atom. The number of hydrogen-bond donors (Lipinski definition) is 2. The summed E-state index contributed by atoms with van der Waals surface area (Å²) in [6.45, 7) is 2.74. The van der Waals surface area contributed by atoms with Crippen LogP contribution in [0.25, 0.3) is 16.9 Å². The Morgan fingerprint density at radius 3 is 2.60 bits per heavy atom. The molecule has 1 atom stereocenters. The third-order valence-electron chi connectivity index (χ3n) is 3.77. The summed E-state index contributed by atoms with van der Waals surface area (Å²) < 4.78 is 14.9. The molecule has 3 rings (SSSR count). The third-order valence-corrected chi connectivity index (χ3v) is 4.09. The van der Waals surface area contributed by atoms with Gasteiger partial charge < -0.3 is 10.4 Å². The normalized spacial score (nSPS) is 12.3. The van der Waals surface area contributed by atoms with E-state index in [0.717, 1.165) is 22.5 Å². The second-order valence-electron chi connectivity index (χ2n) is 5.88. The number of aliphatic hydroxyl groups is 1. The molecule has 1 heterocycles. The maximum absolute atomic E-state index is 13.2.